The van der Waals surface area contributed by atoms with Crippen molar-refractivity contribution in [3.63, 3.8) is 0 Å². The second-order valence-electron chi connectivity index (χ2n) is 4.33. The van der Waals surface area contributed by atoms with Crippen molar-refractivity contribution in [3.05, 3.63) is 33.9 Å². The van der Waals surface area contributed by atoms with Crippen molar-refractivity contribution in [2.45, 2.75) is 19.9 Å². The van der Waals surface area contributed by atoms with Gasteiger partial charge in [0.1, 0.15) is 11.7 Å². The number of hydrogen-bond acceptors (Lipinski definition) is 4. The van der Waals surface area contributed by atoms with Gasteiger partial charge in [-0.1, -0.05) is 12.1 Å². The Bertz CT molecular complexity index is 472. The van der Waals surface area contributed by atoms with E-state index in [1.54, 1.807) is 46.1 Å². The van der Waals surface area contributed by atoms with E-state index in [1.807, 2.05) is 0 Å². The molecular weight excluding hydrogens is 234 g/mol. The molecule has 0 aromatic heterocycles. The van der Waals surface area contributed by atoms with Gasteiger partial charge in [-0.25, -0.2) is 0 Å². The van der Waals surface area contributed by atoms with Crippen LogP contribution in [-0.4, -0.2) is 35.9 Å². The van der Waals surface area contributed by atoms with Crippen LogP contribution in [0.15, 0.2) is 18.2 Å². The third-order valence-corrected chi connectivity index (χ3v) is 2.60. The molecule has 1 aromatic carbocycles. The zero-order valence-electron chi connectivity index (χ0n) is 10.9. The molecule has 0 radical (unpaired) electrons. The molecule has 0 aliphatic rings. The lowest BCUT2D eigenvalue weighted by molar-refractivity contribution is -0.384. The van der Waals surface area contributed by atoms with Crippen LogP contribution >= 0.6 is 0 Å². The van der Waals surface area contributed by atoms with Crippen LogP contribution in [0.2, 0.25) is 0 Å². The first kappa shape index (κ1) is 14.0. The molecule has 0 saturated heterocycles. The Labute approximate surface area is 106 Å². The van der Waals surface area contributed by atoms with Gasteiger partial charge >= 0.3 is 0 Å². The third-order valence-electron chi connectivity index (χ3n) is 2.60. The quantitative estimate of drug-likeness (QED) is 0.654. The van der Waals surface area contributed by atoms with Crippen molar-refractivity contribution in [2.75, 3.05) is 19.4 Å². The first-order valence-electron chi connectivity index (χ1n) is 5.56. The molecule has 6 nitrogen and oxygen atoms in total. The van der Waals surface area contributed by atoms with Crippen LogP contribution in [-0.2, 0) is 4.79 Å². The van der Waals surface area contributed by atoms with Gasteiger partial charge in [0.2, 0.25) is 5.91 Å². The summed E-state index contributed by atoms with van der Waals surface area (Å²) in [6.07, 6.45) is 0. The predicted molar refractivity (Wildman–Crippen MR) is 69.6 cm³/mol. The number of aryl methyl sites for hydroxylation is 1. The van der Waals surface area contributed by atoms with Gasteiger partial charge in [-0.05, 0) is 19.9 Å². The van der Waals surface area contributed by atoms with Gasteiger partial charge in [-0.15, -0.1) is 0 Å². The molecule has 0 aliphatic carbocycles. The van der Waals surface area contributed by atoms with Crippen LogP contribution < -0.4 is 5.32 Å². The van der Waals surface area contributed by atoms with Gasteiger partial charge in [0.15, 0.2) is 0 Å². The molecule has 0 unspecified atom stereocenters. The number of hydrogen-bond donors (Lipinski definition) is 1. The lowest BCUT2D eigenvalue weighted by Gasteiger charge is -2.19. The molecule has 0 spiro atoms. The molecule has 1 aromatic rings. The zero-order chi connectivity index (χ0) is 13.9. The lowest BCUT2D eigenvalue weighted by atomic mass is 10.1. The number of para-hydroxylation sites is 1. The Hall–Kier alpha value is -2.11. The van der Waals surface area contributed by atoms with E-state index in [4.69, 9.17) is 0 Å². The second kappa shape index (κ2) is 5.48. The highest BCUT2D eigenvalue weighted by atomic mass is 16.6. The topological polar surface area (TPSA) is 75.5 Å². The number of nitrogens with one attached hydrogen (secondary N) is 1. The highest BCUT2D eigenvalue weighted by Gasteiger charge is 2.21. The number of anilines is 1. The zero-order valence-corrected chi connectivity index (χ0v) is 10.9. The number of carbonyl (C=O) groups is 1. The first-order chi connectivity index (χ1) is 8.34. The lowest BCUT2D eigenvalue weighted by Crippen LogP contribution is -2.36. The van der Waals surface area contributed by atoms with E-state index in [1.165, 1.54) is 4.90 Å². The summed E-state index contributed by atoms with van der Waals surface area (Å²) in [4.78, 5) is 23.7. The Balaban J connectivity index is 3.01. The molecule has 98 valence electrons. The molecule has 0 fully saturated rings. The maximum absolute atomic E-state index is 11.7. The van der Waals surface area contributed by atoms with E-state index in [0.29, 0.717) is 11.3 Å². The van der Waals surface area contributed by atoms with Crippen LogP contribution in [0.1, 0.15) is 12.5 Å². The van der Waals surface area contributed by atoms with Gasteiger partial charge in [0.05, 0.1) is 4.92 Å². The highest BCUT2D eigenvalue weighted by Crippen LogP contribution is 2.28. The Kier molecular flexibility index (Phi) is 4.25. The number of carbonyl (C=O) groups excluding carboxylic acids is 1. The monoisotopic (exact) mass is 251 g/mol. The second-order valence-corrected chi connectivity index (χ2v) is 4.33. The van der Waals surface area contributed by atoms with Crippen LogP contribution in [0.3, 0.4) is 0 Å². The van der Waals surface area contributed by atoms with E-state index in [2.05, 4.69) is 5.32 Å². The maximum Gasteiger partial charge on any atom is 0.295 e. The number of nitrogens with zero attached hydrogens (tertiary/aromatic N) is 2. The minimum atomic E-state index is -0.513. The minimum Gasteiger partial charge on any atom is -0.368 e. The van der Waals surface area contributed by atoms with Crippen molar-refractivity contribution in [3.8, 4) is 0 Å². The van der Waals surface area contributed by atoms with Crippen molar-refractivity contribution >= 4 is 17.3 Å². The van der Waals surface area contributed by atoms with E-state index >= 15 is 0 Å². The summed E-state index contributed by atoms with van der Waals surface area (Å²) in [5, 5.41) is 13.9. The standard InChI is InChI=1S/C12H17N3O3/c1-8-6-5-7-10(11(8)15(17)18)13-9(2)12(16)14(3)4/h5-7,9,13H,1-4H3/t9-/m0/s1. The summed E-state index contributed by atoms with van der Waals surface area (Å²) in [5.74, 6) is -0.134. The normalized spacial score (nSPS) is 11.8. The van der Waals surface area contributed by atoms with Gasteiger partial charge in [0.25, 0.3) is 5.69 Å². The Morgan fingerprint density at radius 3 is 2.56 bits per heavy atom. The molecule has 18 heavy (non-hydrogen) atoms. The largest absolute Gasteiger partial charge is 0.368 e. The first-order valence-corrected chi connectivity index (χ1v) is 5.56. The average molecular weight is 251 g/mol. The molecule has 1 atom stereocenters. The van der Waals surface area contributed by atoms with Crippen molar-refractivity contribution < 1.29 is 9.72 Å². The van der Waals surface area contributed by atoms with Crippen LogP contribution in [0.5, 0.6) is 0 Å². The summed E-state index contributed by atoms with van der Waals surface area (Å²) in [6, 6.07) is 4.48. The highest BCUT2D eigenvalue weighted by molar-refractivity contribution is 5.85. The molecule has 1 rings (SSSR count). The Morgan fingerprint density at radius 2 is 2.06 bits per heavy atom. The van der Waals surface area contributed by atoms with Gasteiger partial charge < -0.3 is 10.2 Å². The molecule has 0 aliphatic heterocycles. The molecule has 1 amide bonds. The van der Waals surface area contributed by atoms with Crippen LogP contribution in [0.25, 0.3) is 0 Å². The van der Waals surface area contributed by atoms with Crippen molar-refractivity contribution in [2.24, 2.45) is 0 Å². The molecule has 0 saturated carbocycles. The van der Waals surface area contributed by atoms with Crippen LogP contribution in [0, 0.1) is 17.0 Å². The minimum absolute atomic E-state index is 0.0101. The maximum atomic E-state index is 11.7. The number of nitro groups is 1. The summed E-state index contributed by atoms with van der Waals surface area (Å²) in [7, 11) is 3.29. The van der Waals surface area contributed by atoms with Crippen molar-refractivity contribution in [1.29, 1.82) is 0 Å². The molecule has 6 heteroatoms. The number of rotatable bonds is 4. The van der Waals surface area contributed by atoms with Gasteiger partial charge in [-0.2, -0.15) is 0 Å². The third kappa shape index (κ3) is 2.97. The molecule has 0 bridgehead atoms. The van der Waals surface area contributed by atoms with Gasteiger partial charge in [0, 0.05) is 19.7 Å². The van der Waals surface area contributed by atoms with E-state index in [9.17, 15) is 14.9 Å². The summed E-state index contributed by atoms with van der Waals surface area (Å²) >= 11 is 0. The fourth-order valence-electron chi connectivity index (χ4n) is 1.70. The fraction of sp³-hybridized carbons (Fsp3) is 0.417. The van der Waals surface area contributed by atoms with Crippen molar-refractivity contribution in [1.82, 2.24) is 4.90 Å². The van der Waals surface area contributed by atoms with E-state index in [0.717, 1.165) is 0 Å². The molecule has 1 N–H and O–H groups in total. The number of nitro benzene ring substituents is 1. The fourth-order valence-corrected chi connectivity index (χ4v) is 1.70. The molecule has 0 heterocycles. The predicted octanol–water partition coefficient (Wildman–Crippen LogP) is 1.79. The average Bonchev–Trinajstić information content (AvgIpc) is 2.27. The smallest absolute Gasteiger partial charge is 0.295 e. The van der Waals surface area contributed by atoms with Gasteiger partial charge in [-0.3, -0.25) is 14.9 Å². The van der Waals surface area contributed by atoms with Crippen LogP contribution in [0.4, 0.5) is 11.4 Å². The SMILES string of the molecule is Cc1cccc(N[C@@H](C)C(=O)N(C)C)c1[N+](=O)[O-]. The molecular formula is C12H17N3O3. The number of benzene rings is 1. The van der Waals surface area contributed by atoms with E-state index < -0.39 is 11.0 Å². The Morgan fingerprint density at radius 1 is 1.44 bits per heavy atom. The summed E-state index contributed by atoms with van der Waals surface area (Å²) < 4.78 is 0. The van der Waals surface area contributed by atoms with E-state index in [-0.39, 0.29) is 11.6 Å². The number of likely N-dealkylation sites (N-methyl/N-ethyl adjacent to an activating group) is 1. The summed E-state index contributed by atoms with van der Waals surface area (Å²) in [6.45, 7) is 3.34. The summed E-state index contributed by atoms with van der Waals surface area (Å²) in [5.41, 5.74) is 0.938. The number of amides is 1.